The first kappa shape index (κ1) is 30.0. The fourth-order valence-electron chi connectivity index (χ4n) is 4.77. The van der Waals surface area contributed by atoms with Crippen molar-refractivity contribution in [3.8, 4) is 11.5 Å². The second-order valence-electron chi connectivity index (χ2n) is 9.97. The largest absolute Gasteiger partial charge is 0.490 e. The first-order valence-corrected chi connectivity index (χ1v) is 14.8. The standard InChI is InChI=1S/C32H36N2O6S/c1-7-10-24-28(31(37)39-9-3)29(23-14-12-22(13-15-23)19(4)5)34-30(36)27(41-32(34)33-24)18-21-11-16-25(40-20(6)35)26(17-21)38-8-2/h11-19,29H,7-10H2,1-6H3/b27-18-/t29-/m0/s1. The van der Waals surface area contributed by atoms with E-state index >= 15 is 0 Å². The second-order valence-corrected chi connectivity index (χ2v) is 11.0. The van der Waals surface area contributed by atoms with Gasteiger partial charge in [-0.15, -0.1) is 0 Å². The van der Waals surface area contributed by atoms with Crippen molar-refractivity contribution in [2.24, 2.45) is 4.99 Å². The van der Waals surface area contributed by atoms with E-state index in [0.29, 0.717) is 56.6 Å². The van der Waals surface area contributed by atoms with E-state index in [1.165, 1.54) is 23.8 Å². The Kier molecular flexibility index (Phi) is 9.60. The summed E-state index contributed by atoms with van der Waals surface area (Å²) in [5, 5.41) is 0. The zero-order valence-electron chi connectivity index (χ0n) is 24.4. The quantitative estimate of drug-likeness (QED) is 0.248. The molecule has 0 spiro atoms. The van der Waals surface area contributed by atoms with Crippen LogP contribution in [0.2, 0.25) is 0 Å². The van der Waals surface area contributed by atoms with Crippen LogP contribution in [0, 0.1) is 0 Å². The molecule has 0 radical (unpaired) electrons. The van der Waals surface area contributed by atoms with Crippen molar-refractivity contribution in [3.63, 3.8) is 0 Å². The Balaban J connectivity index is 1.92. The number of nitrogens with zero attached hydrogens (tertiary/aromatic N) is 2. The van der Waals surface area contributed by atoms with Crippen LogP contribution in [0.5, 0.6) is 11.5 Å². The Morgan fingerprint density at radius 3 is 2.39 bits per heavy atom. The molecule has 3 aromatic rings. The SMILES string of the molecule is CCCC1=C(C(=O)OCC)[C@H](c2ccc(C(C)C)cc2)n2c(s/c(=C\c3ccc(OC(C)=O)c(OCC)c3)c2=O)=N1. The lowest BCUT2D eigenvalue weighted by molar-refractivity contribution is -0.139. The van der Waals surface area contributed by atoms with Crippen LogP contribution < -0.4 is 24.4 Å². The lowest BCUT2D eigenvalue weighted by Gasteiger charge is -2.26. The smallest absolute Gasteiger partial charge is 0.338 e. The van der Waals surface area contributed by atoms with E-state index in [4.69, 9.17) is 19.2 Å². The summed E-state index contributed by atoms with van der Waals surface area (Å²) in [6.45, 7) is 11.8. The van der Waals surface area contributed by atoms with Gasteiger partial charge in [0.15, 0.2) is 16.3 Å². The fourth-order valence-corrected chi connectivity index (χ4v) is 5.79. The summed E-state index contributed by atoms with van der Waals surface area (Å²) in [4.78, 5) is 44.2. The highest BCUT2D eigenvalue weighted by atomic mass is 32.1. The molecule has 4 rings (SSSR count). The molecule has 0 unspecified atom stereocenters. The minimum absolute atomic E-state index is 0.219. The monoisotopic (exact) mass is 576 g/mol. The normalized spacial score (nSPS) is 15.0. The molecule has 0 aliphatic carbocycles. The van der Waals surface area contributed by atoms with Gasteiger partial charge in [-0.2, -0.15) is 0 Å². The van der Waals surface area contributed by atoms with Crippen molar-refractivity contribution < 1.29 is 23.8 Å². The van der Waals surface area contributed by atoms with Crippen LogP contribution >= 0.6 is 11.3 Å². The first-order valence-electron chi connectivity index (χ1n) is 13.9. The minimum Gasteiger partial charge on any atom is -0.490 e. The van der Waals surface area contributed by atoms with Crippen LogP contribution in [0.3, 0.4) is 0 Å². The molecule has 0 fully saturated rings. The Morgan fingerprint density at radius 2 is 1.78 bits per heavy atom. The zero-order chi connectivity index (χ0) is 29.7. The van der Waals surface area contributed by atoms with Crippen LogP contribution in [0.1, 0.15) is 83.0 Å². The summed E-state index contributed by atoms with van der Waals surface area (Å²) in [5.74, 6) is 0.145. The van der Waals surface area contributed by atoms with E-state index in [-0.39, 0.29) is 12.2 Å². The van der Waals surface area contributed by atoms with Gasteiger partial charge in [0.2, 0.25) is 0 Å². The van der Waals surface area contributed by atoms with E-state index in [1.54, 1.807) is 35.8 Å². The fraction of sp³-hybridized carbons (Fsp3) is 0.375. The molecule has 8 nitrogen and oxygen atoms in total. The lowest BCUT2D eigenvalue weighted by atomic mass is 9.92. The number of fused-ring (bicyclic) bond motifs is 1. The second kappa shape index (κ2) is 13.1. The molecular weight excluding hydrogens is 540 g/mol. The lowest BCUT2D eigenvalue weighted by Crippen LogP contribution is -2.40. The van der Waals surface area contributed by atoms with Gasteiger partial charge in [0.1, 0.15) is 0 Å². The number of esters is 2. The summed E-state index contributed by atoms with van der Waals surface area (Å²) in [7, 11) is 0. The van der Waals surface area contributed by atoms with Crippen molar-refractivity contribution in [1.82, 2.24) is 4.57 Å². The number of carbonyl (C=O) groups excluding carboxylic acids is 2. The van der Waals surface area contributed by atoms with E-state index in [2.05, 4.69) is 13.8 Å². The van der Waals surface area contributed by atoms with Crippen LogP contribution in [-0.4, -0.2) is 29.7 Å². The van der Waals surface area contributed by atoms with Crippen LogP contribution in [0.25, 0.3) is 6.08 Å². The predicted octanol–water partition coefficient (Wildman–Crippen LogP) is 5.03. The molecule has 0 amide bonds. The molecule has 0 bridgehead atoms. The Bertz CT molecular complexity index is 1650. The Hall–Kier alpha value is -3.98. The molecule has 216 valence electrons. The molecule has 2 heterocycles. The average molecular weight is 577 g/mol. The average Bonchev–Trinajstić information content (AvgIpc) is 3.24. The molecule has 9 heteroatoms. The molecule has 1 aromatic heterocycles. The number of thiazole rings is 1. The van der Waals surface area contributed by atoms with E-state index in [0.717, 1.165) is 12.0 Å². The highest BCUT2D eigenvalue weighted by molar-refractivity contribution is 7.07. The molecule has 2 aromatic carbocycles. The van der Waals surface area contributed by atoms with E-state index < -0.39 is 18.0 Å². The maximum Gasteiger partial charge on any atom is 0.338 e. The molecule has 1 aliphatic heterocycles. The molecule has 41 heavy (non-hydrogen) atoms. The van der Waals surface area contributed by atoms with Crippen molar-refractivity contribution in [2.75, 3.05) is 13.2 Å². The molecule has 0 saturated carbocycles. The van der Waals surface area contributed by atoms with Gasteiger partial charge in [0.25, 0.3) is 5.56 Å². The highest BCUT2D eigenvalue weighted by Crippen LogP contribution is 2.33. The molecule has 1 atom stereocenters. The third-order valence-electron chi connectivity index (χ3n) is 6.63. The number of hydrogen-bond acceptors (Lipinski definition) is 8. The van der Waals surface area contributed by atoms with Crippen molar-refractivity contribution in [3.05, 3.63) is 90.1 Å². The number of carbonyl (C=O) groups is 2. The van der Waals surface area contributed by atoms with Gasteiger partial charge in [-0.3, -0.25) is 14.2 Å². The molecule has 1 aliphatic rings. The number of hydrogen-bond donors (Lipinski definition) is 0. The first-order chi connectivity index (χ1) is 19.7. The summed E-state index contributed by atoms with van der Waals surface area (Å²) in [6.07, 6.45) is 3.12. The number of benzene rings is 2. The van der Waals surface area contributed by atoms with Gasteiger partial charge in [0, 0.05) is 6.92 Å². The molecule has 0 N–H and O–H groups in total. The maximum atomic E-state index is 14.0. The van der Waals surface area contributed by atoms with Crippen LogP contribution in [0.15, 0.2) is 63.5 Å². The van der Waals surface area contributed by atoms with Gasteiger partial charge in [-0.25, -0.2) is 9.79 Å². The molecule has 0 saturated heterocycles. The van der Waals surface area contributed by atoms with Gasteiger partial charge < -0.3 is 14.2 Å². The van der Waals surface area contributed by atoms with Crippen molar-refractivity contribution >= 4 is 29.4 Å². The summed E-state index contributed by atoms with van der Waals surface area (Å²) in [5.41, 5.74) is 3.46. The number of aromatic nitrogens is 1. The van der Waals surface area contributed by atoms with Crippen molar-refractivity contribution in [1.29, 1.82) is 0 Å². The Morgan fingerprint density at radius 1 is 1.05 bits per heavy atom. The summed E-state index contributed by atoms with van der Waals surface area (Å²) >= 11 is 1.27. The predicted molar refractivity (Wildman–Crippen MR) is 159 cm³/mol. The topological polar surface area (TPSA) is 96.2 Å². The van der Waals surface area contributed by atoms with Gasteiger partial charge in [-0.1, -0.05) is 68.9 Å². The van der Waals surface area contributed by atoms with Gasteiger partial charge in [0.05, 0.1) is 35.1 Å². The van der Waals surface area contributed by atoms with Gasteiger partial charge in [-0.05, 0) is 61.1 Å². The maximum absolute atomic E-state index is 14.0. The number of rotatable bonds is 10. The van der Waals surface area contributed by atoms with Gasteiger partial charge >= 0.3 is 11.9 Å². The zero-order valence-corrected chi connectivity index (χ0v) is 25.2. The van der Waals surface area contributed by atoms with Crippen LogP contribution in [-0.2, 0) is 14.3 Å². The highest BCUT2D eigenvalue weighted by Gasteiger charge is 2.34. The van der Waals surface area contributed by atoms with E-state index in [1.807, 2.05) is 38.1 Å². The molecular formula is C32H36N2O6S. The number of allylic oxidation sites excluding steroid dienone is 1. The summed E-state index contributed by atoms with van der Waals surface area (Å²) in [6, 6.07) is 12.5. The number of ether oxygens (including phenoxy) is 3. The van der Waals surface area contributed by atoms with E-state index in [9.17, 15) is 14.4 Å². The Labute approximate surface area is 243 Å². The van der Waals surface area contributed by atoms with Crippen LogP contribution in [0.4, 0.5) is 0 Å². The third kappa shape index (κ3) is 6.51. The third-order valence-corrected chi connectivity index (χ3v) is 7.61. The van der Waals surface area contributed by atoms with Crippen molar-refractivity contribution in [2.45, 2.75) is 66.3 Å². The minimum atomic E-state index is -0.666. The summed E-state index contributed by atoms with van der Waals surface area (Å²) < 4.78 is 18.5.